The first kappa shape index (κ1) is 12.4. The lowest BCUT2D eigenvalue weighted by Gasteiger charge is -2.19. The van der Waals surface area contributed by atoms with E-state index >= 15 is 0 Å². The highest BCUT2D eigenvalue weighted by Crippen LogP contribution is 2.13. The van der Waals surface area contributed by atoms with E-state index in [1.807, 2.05) is 4.72 Å². The fourth-order valence-electron chi connectivity index (χ4n) is 0.362. The Morgan fingerprint density at radius 2 is 1.62 bits per heavy atom. The maximum atomic E-state index is 11.3. The molecule has 13 heavy (non-hydrogen) atoms. The SMILES string of the molecule is CN(C)S(=O)(=O)NC(=O)C(C)(C)C. The van der Waals surface area contributed by atoms with Crippen molar-refractivity contribution in [1.29, 1.82) is 0 Å². The minimum Gasteiger partial charge on any atom is -0.273 e. The largest absolute Gasteiger partial charge is 0.303 e. The second-order valence-electron chi connectivity index (χ2n) is 3.97. The molecule has 0 saturated carbocycles. The van der Waals surface area contributed by atoms with Gasteiger partial charge in [-0.15, -0.1) is 0 Å². The summed E-state index contributed by atoms with van der Waals surface area (Å²) in [5.41, 5.74) is -0.705. The number of amides is 1. The average Bonchev–Trinajstić information content (AvgIpc) is 1.83. The van der Waals surface area contributed by atoms with Crippen molar-refractivity contribution >= 4 is 16.1 Å². The van der Waals surface area contributed by atoms with Crippen LogP contribution in [0.2, 0.25) is 0 Å². The van der Waals surface area contributed by atoms with E-state index in [0.717, 1.165) is 4.31 Å². The van der Waals surface area contributed by atoms with Crippen molar-refractivity contribution in [2.45, 2.75) is 20.8 Å². The van der Waals surface area contributed by atoms with E-state index < -0.39 is 21.5 Å². The van der Waals surface area contributed by atoms with E-state index in [1.165, 1.54) is 14.1 Å². The molecule has 0 saturated heterocycles. The van der Waals surface area contributed by atoms with Crippen LogP contribution in [0, 0.1) is 5.41 Å². The molecule has 1 amide bonds. The Morgan fingerprint density at radius 1 is 1.23 bits per heavy atom. The number of nitrogens with zero attached hydrogens (tertiary/aromatic N) is 1. The third-order valence-electron chi connectivity index (χ3n) is 1.38. The molecule has 0 aliphatic carbocycles. The third-order valence-corrected chi connectivity index (χ3v) is 2.79. The molecule has 0 heterocycles. The van der Waals surface area contributed by atoms with Gasteiger partial charge in [-0.05, 0) is 0 Å². The molecule has 0 atom stereocenters. The summed E-state index contributed by atoms with van der Waals surface area (Å²) in [4.78, 5) is 11.3. The molecule has 0 fully saturated rings. The normalized spacial score (nSPS) is 13.1. The van der Waals surface area contributed by atoms with Gasteiger partial charge in [0.2, 0.25) is 5.91 Å². The third kappa shape index (κ3) is 3.73. The van der Waals surface area contributed by atoms with Gasteiger partial charge in [-0.3, -0.25) is 4.79 Å². The number of hydrogen-bond donors (Lipinski definition) is 1. The summed E-state index contributed by atoms with van der Waals surface area (Å²) in [6.07, 6.45) is 0. The summed E-state index contributed by atoms with van der Waals surface area (Å²) >= 11 is 0. The number of carbonyl (C=O) groups is 1. The van der Waals surface area contributed by atoms with Crippen LogP contribution in [0.3, 0.4) is 0 Å². The molecule has 0 bridgehead atoms. The maximum Gasteiger partial charge on any atom is 0.303 e. The molecular formula is C7H16N2O3S. The van der Waals surface area contributed by atoms with Gasteiger partial charge in [0.1, 0.15) is 0 Å². The van der Waals surface area contributed by atoms with E-state index in [1.54, 1.807) is 20.8 Å². The van der Waals surface area contributed by atoms with Gasteiger partial charge < -0.3 is 0 Å². The Kier molecular flexibility index (Phi) is 3.46. The van der Waals surface area contributed by atoms with Crippen molar-refractivity contribution in [1.82, 2.24) is 9.03 Å². The predicted octanol–water partition coefficient (Wildman–Crippen LogP) is -0.0449. The van der Waals surface area contributed by atoms with Crippen molar-refractivity contribution in [3.8, 4) is 0 Å². The molecule has 0 aromatic heterocycles. The molecule has 0 aromatic rings. The molecular weight excluding hydrogens is 192 g/mol. The van der Waals surface area contributed by atoms with Crippen LogP contribution in [0.5, 0.6) is 0 Å². The lowest BCUT2D eigenvalue weighted by atomic mass is 9.96. The monoisotopic (exact) mass is 208 g/mol. The van der Waals surface area contributed by atoms with Crippen molar-refractivity contribution in [3.05, 3.63) is 0 Å². The summed E-state index contributed by atoms with van der Waals surface area (Å²) in [7, 11) is -0.928. The smallest absolute Gasteiger partial charge is 0.273 e. The maximum absolute atomic E-state index is 11.3. The van der Waals surface area contributed by atoms with Gasteiger partial charge in [-0.2, -0.15) is 12.7 Å². The predicted molar refractivity (Wildman–Crippen MR) is 50.2 cm³/mol. The van der Waals surface area contributed by atoms with Gasteiger partial charge >= 0.3 is 10.2 Å². The standard InChI is InChI=1S/C7H16N2O3S/c1-7(2,3)6(10)8-13(11,12)9(4)5/h1-5H3,(H,8,10). The lowest BCUT2D eigenvalue weighted by molar-refractivity contribution is -0.126. The van der Waals surface area contributed by atoms with Gasteiger partial charge in [0.15, 0.2) is 0 Å². The van der Waals surface area contributed by atoms with Crippen LogP contribution in [-0.4, -0.2) is 32.7 Å². The molecule has 6 heteroatoms. The first-order valence-corrected chi connectivity index (χ1v) is 5.26. The quantitative estimate of drug-likeness (QED) is 0.692. The first-order valence-electron chi connectivity index (χ1n) is 3.82. The fraction of sp³-hybridized carbons (Fsp3) is 0.857. The molecule has 0 radical (unpaired) electrons. The summed E-state index contributed by atoms with van der Waals surface area (Å²) in [5, 5.41) is 0. The molecule has 0 aliphatic heterocycles. The van der Waals surface area contributed by atoms with Crippen molar-refractivity contribution in [2.75, 3.05) is 14.1 Å². The number of nitrogens with one attached hydrogen (secondary N) is 1. The van der Waals surface area contributed by atoms with E-state index in [2.05, 4.69) is 0 Å². The zero-order valence-electron chi connectivity index (χ0n) is 8.58. The Morgan fingerprint density at radius 3 is 1.85 bits per heavy atom. The molecule has 78 valence electrons. The molecule has 0 aromatic carbocycles. The zero-order valence-corrected chi connectivity index (χ0v) is 9.40. The van der Waals surface area contributed by atoms with Crippen molar-refractivity contribution in [2.24, 2.45) is 5.41 Å². The molecule has 0 rings (SSSR count). The Balaban J connectivity index is 4.58. The second-order valence-corrected chi connectivity index (χ2v) is 5.85. The van der Waals surface area contributed by atoms with Crippen LogP contribution in [-0.2, 0) is 15.0 Å². The second kappa shape index (κ2) is 3.63. The highest BCUT2D eigenvalue weighted by atomic mass is 32.2. The average molecular weight is 208 g/mol. The highest BCUT2D eigenvalue weighted by molar-refractivity contribution is 7.87. The van der Waals surface area contributed by atoms with E-state index in [9.17, 15) is 13.2 Å². The van der Waals surface area contributed by atoms with Crippen LogP contribution in [0.1, 0.15) is 20.8 Å². The minimum absolute atomic E-state index is 0.513. The van der Waals surface area contributed by atoms with Gasteiger partial charge in [-0.25, -0.2) is 4.72 Å². The highest BCUT2D eigenvalue weighted by Gasteiger charge is 2.26. The molecule has 0 unspecified atom stereocenters. The van der Waals surface area contributed by atoms with Crippen LogP contribution in [0.25, 0.3) is 0 Å². The van der Waals surface area contributed by atoms with Crippen LogP contribution in [0.4, 0.5) is 0 Å². The molecule has 0 spiro atoms. The minimum atomic E-state index is -3.65. The Hall–Kier alpha value is -0.620. The van der Waals surface area contributed by atoms with Gasteiger partial charge in [0.25, 0.3) is 0 Å². The van der Waals surface area contributed by atoms with Crippen LogP contribution < -0.4 is 4.72 Å². The number of rotatable bonds is 2. The zero-order chi connectivity index (χ0) is 10.9. The topological polar surface area (TPSA) is 66.5 Å². The molecule has 0 aliphatic rings. The van der Waals surface area contributed by atoms with Gasteiger partial charge in [0.05, 0.1) is 0 Å². The van der Waals surface area contributed by atoms with Crippen LogP contribution >= 0.6 is 0 Å². The van der Waals surface area contributed by atoms with Gasteiger partial charge in [0, 0.05) is 19.5 Å². The lowest BCUT2D eigenvalue weighted by Crippen LogP contribution is -2.44. The summed E-state index contributed by atoms with van der Waals surface area (Å²) in [6.45, 7) is 4.94. The first-order chi connectivity index (χ1) is 5.57. The van der Waals surface area contributed by atoms with Gasteiger partial charge in [-0.1, -0.05) is 20.8 Å². The van der Waals surface area contributed by atoms with Crippen molar-refractivity contribution < 1.29 is 13.2 Å². The Bertz CT molecular complexity index is 287. The number of carbonyl (C=O) groups excluding carboxylic acids is 1. The number of hydrogen-bond acceptors (Lipinski definition) is 3. The fourth-order valence-corrected chi connectivity index (χ4v) is 1.08. The summed E-state index contributed by atoms with van der Waals surface area (Å²) in [5.74, 6) is -0.513. The van der Waals surface area contributed by atoms with E-state index in [4.69, 9.17) is 0 Å². The van der Waals surface area contributed by atoms with Crippen molar-refractivity contribution in [3.63, 3.8) is 0 Å². The Labute approximate surface area is 79.3 Å². The molecule has 5 nitrogen and oxygen atoms in total. The van der Waals surface area contributed by atoms with E-state index in [-0.39, 0.29) is 0 Å². The van der Waals surface area contributed by atoms with E-state index in [0.29, 0.717) is 0 Å². The summed E-state index contributed by atoms with van der Waals surface area (Å²) in [6, 6.07) is 0. The molecule has 1 N–H and O–H groups in total. The van der Waals surface area contributed by atoms with Crippen LogP contribution in [0.15, 0.2) is 0 Å². The summed E-state index contributed by atoms with van der Waals surface area (Å²) < 4.78 is 25.3.